The van der Waals surface area contributed by atoms with Crippen LogP contribution in [0.25, 0.3) is 0 Å². The van der Waals surface area contributed by atoms with Gasteiger partial charge in [-0.3, -0.25) is 9.69 Å². The molecule has 5 nitrogen and oxygen atoms in total. The summed E-state index contributed by atoms with van der Waals surface area (Å²) in [4.78, 5) is 14.4. The van der Waals surface area contributed by atoms with Gasteiger partial charge >= 0.3 is 0 Å². The van der Waals surface area contributed by atoms with Gasteiger partial charge in [0, 0.05) is 19.6 Å². The first-order valence-electron chi connectivity index (χ1n) is 7.36. The molecule has 5 heteroatoms. The van der Waals surface area contributed by atoms with Crippen LogP contribution < -0.4 is 10.1 Å². The maximum atomic E-state index is 12.3. The van der Waals surface area contributed by atoms with E-state index in [-0.39, 0.29) is 18.1 Å². The topological polar surface area (TPSA) is 50.8 Å². The van der Waals surface area contributed by atoms with Gasteiger partial charge in [-0.2, -0.15) is 0 Å². The number of benzene rings is 1. The molecule has 0 saturated carbocycles. The molecule has 0 spiro atoms. The lowest BCUT2D eigenvalue weighted by atomic mass is 10.2. The number of rotatable bonds is 5. The molecule has 0 aliphatic carbocycles. The standard InChI is InChI=1S/C16H24N2O3/c1-12-11-18(7-8-21-12)13(2)16(19)17-10-14-5-4-6-15(9-14)20-3/h4-6,9,12-13H,7-8,10-11H2,1-3H3,(H,17,19). The van der Waals surface area contributed by atoms with E-state index in [4.69, 9.17) is 9.47 Å². The molecule has 1 aliphatic heterocycles. The zero-order valence-corrected chi connectivity index (χ0v) is 13.0. The second kappa shape index (κ2) is 7.43. The van der Waals surface area contributed by atoms with Crippen LogP contribution >= 0.6 is 0 Å². The number of amides is 1. The van der Waals surface area contributed by atoms with Gasteiger partial charge in [-0.05, 0) is 31.5 Å². The van der Waals surface area contributed by atoms with E-state index >= 15 is 0 Å². The largest absolute Gasteiger partial charge is 0.497 e. The Balaban J connectivity index is 1.85. The monoisotopic (exact) mass is 292 g/mol. The van der Waals surface area contributed by atoms with Crippen molar-refractivity contribution in [2.45, 2.75) is 32.5 Å². The van der Waals surface area contributed by atoms with E-state index in [0.717, 1.165) is 24.4 Å². The van der Waals surface area contributed by atoms with Crippen molar-refractivity contribution in [1.29, 1.82) is 0 Å². The molecule has 1 aliphatic rings. The fourth-order valence-corrected chi connectivity index (χ4v) is 2.48. The van der Waals surface area contributed by atoms with Crippen LogP contribution in [0.1, 0.15) is 19.4 Å². The van der Waals surface area contributed by atoms with Gasteiger partial charge in [-0.25, -0.2) is 0 Å². The molecule has 1 fully saturated rings. The molecular weight excluding hydrogens is 268 g/mol. The van der Waals surface area contributed by atoms with Gasteiger partial charge in [-0.15, -0.1) is 0 Å². The van der Waals surface area contributed by atoms with E-state index in [1.54, 1.807) is 7.11 Å². The number of hydrogen-bond acceptors (Lipinski definition) is 4. The Morgan fingerprint density at radius 1 is 1.57 bits per heavy atom. The van der Waals surface area contributed by atoms with Crippen LogP contribution in [-0.4, -0.2) is 49.8 Å². The number of morpholine rings is 1. The molecule has 1 saturated heterocycles. The molecule has 1 N–H and O–H groups in total. The number of hydrogen-bond donors (Lipinski definition) is 1. The molecule has 0 radical (unpaired) electrons. The maximum Gasteiger partial charge on any atom is 0.237 e. The first-order chi connectivity index (χ1) is 10.1. The zero-order chi connectivity index (χ0) is 15.2. The molecule has 21 heavy (non-hydrogen) atoms. The maximum absolute atomic E-state index is 12.3. The van der Waals surface area contributed by atoms with Crippen LogP contribution in [0.3, 0.4) is 0 Å². The smallest absolute Gasteiger partial charge is 0.237 e. The average molecular weight is 292 g/mol. The first kappa shape index (κ1) is 15.8. The molecule has 1 amide bonds. The van der Waals surface area contributed by atoms with Gasteiger partial charge in [-0.1, -0.05) is 12.1 Å². The summed E-state index contributed by atoms with van der Waals surface area (Å²) in [6.45, 7) is 6.78. The summed E-state index contributed by atoms with van der Waals surface area (Å²) < 4.78 is 10.7. The third-order valence-corrected chi connectivity index (χ3v) is 3.80. The molecule has 1 aromatic carbocycles. The van der Waals surface area contributed by atoms with Gasteiger partial charge < -0.3 is 14.8 Å². The van der Waals surface area contributed by atoms with Gasteiger partial charge in [0.2, 0.25) is 5.91 Å². The van der Waals surface area contributed by atoms with Gasteiger partial charge in [0.15, 0.2) is 0 Å². The quantitative estimate of drug-likeness (QED) is 0.892. The number of nitrogens with zero attached hydrogens (tertiary/aromatic N) is 1. The second-order valence-corrected chi connectivity index (χ2v) is 5.42. The lowest BCUT2D eigenvalue weighted by Crippen LogP contribution is -2.51. The summed E-state index contributed by atoms with van der Waals surface area (Å²) in [6, 6.07) is 7.59. The Bertz CT molecular complexity index is 478. The lowest BCUT2D eigenvalue weighted by Gasteiger charge is -2.34. The minimum atomic E-state index is -0.137. The molecule has 1 aromatic rings. The highest BCUT2D eigenvalue weighted by Crippen LogP contribution is 2.13. The van der Waals surface area contributed by atoms with Crippen LogP contribution in [0.2, 0.25) is 0 Å². The summed E-state index contributed by atoms with van der Waals surface area (Å²) >= 11 is 0. The normalized spacial score (nSPS) is 20.8. The molecule has 2 atom stereocenters. The van der Waals surface area contributed by atoms with Crippen molar-refractivity contribution in [3.05, 3.63) is 29.8 Å². The van der Waals surface area contributed by atoms with E-state index < -0.39 is 0 Å². The highest BCUT2D eigenvalue weighted by atomic mass is 16.5. The van der Waals surface area contributed by atoms with Crippen molar-refractivity contribution < 1.29 is 14.3 Å². The minimum Gasteiger partial charge on any atom is -0.497 e. The Morgan fingerprint density at radius 2 is 2.38 bits per heavy atom. The molecular formula is C16H24N2O3. The number of methoxy groups -OCH3 is 1. The molecule has 2 unspecified atom stereocenters. The molecule has 116 valence electrons. The fraction of sp³-hybridized carbons (Fsp3) is 0.562. The predicted molar refractivity (Wildman–Crippen MR) is 81.3 cm³/mol. The summed E-state index contributed by atoms with van der Waals surface area (Å²) in [7, 11) is 1.64. The van der Waals surface area contributed by atoms with E-state index in [9.17, 15) is 4.79 Å². The van der Waals surface area contributed by atoms with Gasteiger partial charge in [0.1, 0.15) is 5.75 Å². The molecule has 0 bridgehead atoms. The molecule has 0 aromatic heterocycles. The van der Waals surface area contributed by atoms with Crippen molar-refractivity contribution in [2.75, 3.05) is 26.8 Å². The Labute approximate surface area is 126 Å². The summed E-state index contributed by atoms with van der Waals surface area (Å²) in [5.41, 5.74) is 1.03. The van der Waals surface area contributed by atoms with Crippen molar-refractivity contribution in [2.24, 2.45) is 0 Å². The Kier molecular flexibility index (Phi) is 5.59. The van der Waals surface area contributed by atoms with Crippen molar-refractivity contribution >= 4 is 5.91 Å². The van der Waals surface area contributed by atoms with E-state index in [1.807, 2.05) is 38.1 Å². The van der Waals surface area contributed by atoms with E-state index in [0.29, 0.717) is 13.2 Å². The van der Waals surface area contributed by atoms with Crippen molar-refractivity contribution in [1.82, 2.24) is 10.2 Å². The van der Waals surface area contributed by atoms with Crippen LogP contribution in [0.5, 0.6) is 5.75 Å². The van der Waals surface area contributed by atoms with Crippen molar-refractivity contribution in [3.63, 3.8) is 0 Å². The third kappa shape index (κ3) is 4.44. The third-order valence-electron chi connectivity index (χ3n) is 3.80. The van der Waals surface area contributed by atoms with E-state index in [1.165, 1.54) is 0 Å². The minimum absolute atomic E-state index is 0.0481. The number of carbonyl (C=O) groups is 1. The Morgan fingerprint density at radius 3 is 3.10 bits per heavy atom. The van der Waals surface area contributed by atoms with Crippen LogP contribution in [0.4, 0.5) is 0 Å². The van der Waals surface area contributed by atoms with Crippen molar-refractivity contribution in [3.8, 4) is 5.75 Å². The summed E-state index contributed by atoms with van der Waals surface area (Å²) in [5.74, 6) is 0.851. The Hall–Kier alpha value is -1.59. The fourth-order valence-electron chi connectivity index (χ4n) is 2.48. The van der Waals surface area contributed by atoms with Crippen LogP contribution in [0.15, 0.2) is 24.3 Å². The van der Waals surface area contributed by atoms with Crippen LogP contribution in [-0.2, 0) is 16.1 Å². The molecule has 2 rings (SSSR count). The highest BCUT2D eigenvalue weighted by molar-refractivity contribution is 5.81. The lowest BCUT2D eigenvalue weighted by molar-refractivity contribution is -0.129. The summed E-state index contributed by atoms with van der Waals surface area (Å²) in [5, 5.41) is 2.99. The van der Waals surface area contributed by atoms with Crippen LogP contribution in [0, 0.1) is 0 Å². The second-order valence-electron chi connectivity index (χ2n) is 5.42. The number of nitrogens with one attached hydrogen (secondary N) is 1. The SMILES string of the molecule is COc1cccc(CNC(=O)C(C)N2CCOC(C)C2)c1. The summed E-state index contributed by atoms with van der Waals surface area (Å²) in [6.07, 6.45) is 0.187. The molecule has 1 heterocycles. The number of ether oxygens (including phenoxy) is 2. The van der Waals surface area contributed by atoms with Gasteiger partial charge in [0.25, 0.3) is 0 Å². The number of carbonyl (C=O) groups excluding carboxylic acids is 1. The first-order valence-corrected chi connectivity index (χ1v) is 7.36. The zero-order valence-electron chi connectivity index (χ0n) is 13.0. The van der Waals surface area contributed by atoms with E-state index in [2.05, 4.69) is 10.2 Å². The predicted octanol–water partition coefficient (Wildman–Crippen LogP) is 1.42. The highest BCUT2D eigenvalue weighted by Gasteiger charge is 2.25. The average Bonchev–Trinajstić information content (AvgIpc) is 2.52. The van der Waals surface area contributed by atoms with Gasteiger partial charge in [0.05, 0.1) is 25.9 Å².